The molecule has 2 N–H and O–H groups in total. The Morgan fingerprint density at radius 2 is 2.43 bits per heavy atom. The predicted molar refractivity (Wildman–Crippen MR) is 55.0 cm³/mol. The standard InChI is InChI=1S/C10H18N2O2/c1-8(2)12-10(13)4-3-9-7-14-6-5-11-9/h3-4,8-9,11H,5-7H2,1-2H3,(H,12,13)/b4-3-. The summed E-state index contributed by atoms with van der Waals surface area (Å²) in [5.41, 5.74) is 0. The largest absolute Gasteiger partial charge is 0.378 e. The molecule has 0 radical (unpaired) electrons. The first-order valence-corrected chi connectivity index (χ1v) is 4.98. The highest BCUT2D eigenvalue weighted by atomic mass is 16.5. The summed E-state index contributed by atoms with van der Waals surface area (Å²) in [6, 6.07) is 0.351. The molecule has 80 valence electrons. The maximum atomic E-state index is 11.2. The first-order chi connectivity index (χ1) is 6.68. The summed E-state index contributed by atoms with van der Waals surface area (Å²) < 4.78 is 5.25. The third kappa shape index (κ3) is 4.39. The van der Waals surface area contributed by atoms with Crippen molar-refractivity contribution in [2.45, 2.75) is 25.9 Å². The molecule has 1 unspecified atom stereocenters. The summed E-state index contributed by atoms with van der Waals surface area (Å²) in [7, 11) is 0. The van der Waals surface area contributed by atoms with E-state index >= 15 is 0 Å². The van der Waals surface area contributed by atoms with Crippen molar-refractivity contribution < 1.29 is 9.53 Å². The van der Waals surface area contributed by atoms with E-state index < -0.39 is 0 Å². The van der Waals surface area contributed by atoms with Crippen molar-refractivity contribution in [3.8, 4) is 0 Å². The summed E-state index contributed by atoms with van der Waals surface area (Å²) in [4.78, 5) is 11.2. The molecule has 0 aliphatic carbocycles. The van der Waals surface area contributed by atoms with Gasteiger partial charge in [0.25, 0.3) is 0 Å². The minimum atomic E-state index is -0.0487. The maximum Gasteiger partial charge on any atom is 0.243 e. The maximum absolute atomic E-state index is 11.2. The fraction of sp³-hybridized carbons (Fsp3) is 0.700. The Balaban J connectivity index is 2.27. The zero-order chi connectivity index (χ0) is 10.4. The summed E-state index contributed by atoms with van der Waals surface area (Å²) in [6.45, 7) is 6.12. The molecule has 0 aromatic carbocycles. The van der Waals surface area contributed by atoms with Gasteiger partial charge in [0.15, 0.2) is 0 Å². The van der Waals surface area contributed by atoms with E-state index in [1.165, 1.54) is 0 Å². The number of ether oxygens (including phenoxy) is 1. The van der Waals surface area contributed by atoms with Gasteiger partial charge in [0, 0.05) is 24.7 Å². The molecule has 1 aliphatic rings. The number of hydrogen-bond acceptors (Lipinski definition) is 3. The highest BCUT2D eigenvalue weighted by Gasteiger charge is 2.09. The molecule has 0 aromatic rings. The van der Waals surface area contributed by atoms with Crippen LogP contribution in [0.5, 0.6) is 0 Å². The van der Waals surface area contributed by atoms with E-state index in [-0.39, 0.29) is 18.0 Å². The average Bonchev–Trinajstić information content (AvgIpc) is 2.15. The van der Waals surface area contributed by atoms with Crippen molar-refractivity contribution >= 4 is 5.91 Å². The number of hydrogen-bond donors (Lipinski definition) is 2. The lowest BCUT2D eigenvalue weighted by Gasteiger charge is -2.20. The quantitative estimate of drug-likeness (QED) is 0.630. The van der Waals surface area contributed by atoms with Gasteiger partial charge in [0.1, 0.15) is 0 Å². The zero-order valence-electron chi connectivity index (χ0n) is 8.75. The molecule has 14 heavy (non-hydrogen) atoms. The number of morpholine rings is 1. The normalized spacial score (nSPS) is 22.9. The molecular weight excluding hydrogens is 180 g/mol. The van der Waals surface area contributed by atoms with E-state index in [9.17, 15) is 4.79 Å². The second-order valence-electron chi connectivity index (χ2n) is 3.66. The summed E-state index contributed by atoms with van der Waals surface area (Å²) in [5, 5.41) is 6.02. The SMILES string of the molecule is CC(C)NC(=O)/C=C\C1COCCN1. The lowest BCUT2D eigenvalue weighted by Crippen LogP contribution is -2.40. The van der Waals surface area contributed by atoms with Crippen molar-refractivity contribution in [3.05, 3.63) is 12.2 Å². The summed E-state index contributed by atoms with van der Waals surface area (Å²) >= 11 is 0. The second-order valence-corrected chi connectivity index (χ2v) is 3.66. The summed E-state index contributed by atoms with van der Waals surface area (Å²) in [5.74, 6) is -0.0487. The van der Waals surface area contributed by atoms with E-state index in [4.69, 9.17) is 4.74 Å². The Hall–Kier alpha value is -0.870. The van der Waals surface area contributed by atoms with Crippen LogP contribution in [0.15, 0.2) is 12.2 Å². The van der Waals surface area contributed by atoms with Gasteiger partial charge >= 0.3 is 0 Å². The number of amides is 1. The Morgan fingerprint density at radius 3 is 3.00 bits per heavy atom. The van der Waals surface area contributed by atoms with Crippen LogP contribution in [0, 0.1) is 0 Å². The third-order valence-electron chi connectivity index (χ3n) is 1.86. The number of nitrogens with one attached hydrogen (secondary N) is 2. The Bertz CT molecular complexity index is 208. The van der Waals surface area contributed by atoms with Crippen LogP contribution in [0.1, 0.15) is 13.8 Å². The highest BCUT2D eigenvalue weighted by molar-refractivity contribution is 5.87. The van der Waals surface area contributed by atoms with Crippen LogP contribution in [-0.2, 0) is 9.53 Å². The zero-order valence-corrected chi connectivity index (χ0v) is 8.75. The van der Waals surface area contributed by atoms with Gasteiger partial charge in [-0.25, -0.2) is 0 Å². The van der Waals surface area contributed by atoms with Crippen molar-refractivity contribution in [2.75, 3.05) is 19.8 Å². The van der Waals surface area contributed by atoms with Crippen LogP contribution < -0.4 is 10.6 Å². The molecule has 1 fully saturated rings. The lowest BCUT2D eigenvalue weighted by molar-refractivity contribution is -0.117. The predicted octanol–water partition coefficient (Wildman–Crippen LogP) is 0.0556. The highest BCUT2D eigenvalue weighted by Crippen LogP contribution is 1.94. The van der Waals surface area contributed by atoms with Crippen molar-refractivity contribution in [2.24, 2.45) is 0 Å². The summed E-state index contributed by atoms with van der Waals surface area (Å²) in [6.07, 6.45) is 3.41. The molecule has 1 amide bonds. The van der Waals surface area contributed by atoms with Crippen LogP contribution in [0.2, 0.25) is 0 Å². The first kappa shape index (κ1) is 11.2. The van der Waals surface area contributed by atoms with Gasteiger partial charge in [-0.3, -0.25) is 4.79 Å². The van der Waals surface area contributed by atoms with E-state index in [2.05, 4.69) is 10.6 Å². The molecule has 4 heteroatoms. The Kier molecular flexibility index (Phi) is 4.62. The van der Waals surface area contributed by atoms with E-state index in [1.54, 1.807) is 6.08 Å². The molecule has 0 saturated carbocycles. The van der Waals surface area contributed by atoms with Gasteiger partial charge in [-0.1, -0.05) is 6.08 Å². The van der Waals surface area contributed by atoms with Gasteiger partial charge in [-0.2, -0.15) is 0 Å². The van der Waals surface area contributed by atoms with Crippen LogP contribution in [0.4, 0.5) is 0 Å². The number of rotatable bonds is 3. The Labute approximate surface area is 84.7 Å². The van der Waals surface area contributed by atoms with Crippen LogP contribution in [0.3, 0.4) is 0 Å². The molecule has 0 aromatic heterocycles. The van der Waals surface area contributed by atoms with Gasteiger partial charge in [0.2, 0.25) is 5.91 Å². The van der Waals surface area contributed by atoms with Crippen LogP contribution in [0.25, 0.3) is 0 Å². The molecule has 0 spiro atoms. The van der Waals surface area contributed by atoms with Gasteiger partial charge < -0.3 is 15.4 Å². The van der Waals surface area contributed by atoms with Crippen molar-refractivity contribution in [1.29, 1.82) is 0 Å². The average molecular weight is 198 g/mol. The van der Waals surface area contributed by atoms with Crippen molar-refractivity contribution in [1.82, 2.24) is 10.6 Å². The topological polar surface area (TPSA) is 50.4 Å². The smallest absolute Gasteiger partial charge is 0.243 e. The molecule has 1 rings (SSSR count). The van der Waals surface area contributed by atoms with Gasteiger partial charge in [0.05, 0.1) is 13.2 Å². The second kappa shape index (κ2) is 5.78. The van der Waals surface area contributed by atoms with E-state index in [1.807, 2.05) is 19.9 Å². The van der Waals surface area contributed by atoms with E-state index in [0.29, 0.717) is 6.61 Å². The number of carbonyl (C=O) groups is 1. The van der Waals surface area contributed by atoms with E-state index in [0.717, 1.165) is 13.2 Å². The fourth-order valence-corrected chi connectivity index (χ4v) is 1.25. The van der Waals surface area contributed by atoms with Gasteiger partial charge in [-0.05, 0) is 13.8 Å². The van der Waals surface area contributed by atoms with Crippen LogP contribution >= 0.6 is 0 Å². The molecule has 1 heterocycles. The van der Waals surface area contributed by atoms with Crippen molar-refractivity contribution in [3.63, 3.8) is 0 Å². The van der Waals surface area contributed by atoms with Crippen LogP contribution in [-0.4, -0.2) is 37.7 Å². The minimum absolute atomic E-state index is 0.0487. The third-order valence-corrected chi connectivity index (χ3v) is 1.86. The number of carbonyl (C=O) groups excluding carboxylic acids is 1. The molecule has 1 saturated heterocycles. The molecule has 1 atom stereocenters. The first-order valence-electron chi connectivity index (χ1n) is 4.98. The molecule has 1 aliphatic heterocycles. The monoisotopic (exact) mass is 198 g/mol. The Morgan fingerprint density at radius 1 is 1.64 bits per heavy atom. The molecule has 4 nitrogen and oxygen atoms in total. The molecule has 0 bridgehead atoms. The lowest BCUT2D eigenvalue weighted by atomic mass is 10.2. The minimum Gasteiger partial charge on any atom is -0.378 e. The fourth-order valence-electron chi connectivity index (χ4n) is 1.25. The van der Waals surface area contributed by atoms with Gasteiger partial charge in [-0.15, -0.1) is 0 Å². The molecular formula is C10H18N2O2.